The Morgan fingerprint density at radius 3 is 2.09 bits per heavy atom. The quantitative estimate of drug-likeness (QED) is 0.199. The lowest BCUT2D eigenvalue weighted by atomic mass is 9.85. The smallest absolute Gasteiger partial charge is 0.343 e. The van der Waals surface area contributed by atoms with E-state index in [4.69, 9.17) is 18.9 Å². The van der Waals surface area contributed by atoms with E-state index in [1.54, 1.807) is 24.3 Å². The van der Waals surface area contributed by atoms with Gasteiger partial charge in [0.15, 0.2) is 11.5 Å². The van der Waals surface area contributed by atoms with Gasteiger partial charge in [0.25, 0.3) is 11.8 Å². The van der Waals surface area contributed by atoms with Gasteiger partial charge in [0.05, 0.1) is 44.9 Å². The molecule has 1 saturated heterocycles. The molecule has 1 aliphatic heterocycles. The highest BCUT2D eigenvalue weighted by Crippen LogP contribution is 2.52. The number of hydrogen-bond donors (Lipinski definition) is 0. The van der Waals surface area contributed by atoms with Crippen LogP contribution >= 0.6 is 0 Å². The van der Waals surface area contributed by atoms with Gasteiger partial charge in [-0.1, -0.05) is 24.3 Å². The summed E-state index contributed by atoms with van der Waals surface area (Å²) in [6.07, 6.45) is 6.28. The molecule has 2 fully saturated rings. The number of rotatable bonds is 7. The molecule has 1 saturated carbocycles. The Kier molecular flexibility index (Phi) is 5.76. The Hall–Kier alpha value is -4.14. The fourth-order valence-corrected chi connectivity index (χ4v) is 5.16. The Morgan fingerprint density at radius 1 is 0.914 bits per heavy atom. The number of ether oxygens (including phenoxy) is 4. The predicted molar refractivity (Wildman–Crippen MR) is 125 cm³/mol. The molecule has 2 aromatic rings. The maximum Gasteiger partial charge on any atom is 0.343 e. The summed E-state index contributed by atoms with van der Waals surface area (Å²) in [5.41, 5.74) is 0.624. The van der Waals surface area contributed by atoms with Gasteiger partial charge in [-0.2, -0.15) is 10.1 Å². The average molecular weight is 476 g/mol. The number of imide groups is 1. The van der Waals surface area contributed by atoms with E-state index < -0.39 is 5.97 Å². The first-order valence-corrected chi connectivity index (χ1v) is 11.2. The van der Waals surface area contributed by atoms with Crippen LogP contribution in [0.4, 0.5) is 0 Å². The van der Waals surface area contributed by atoms with Crippen LogP contribution in [0.15, 0.2) is 53.7 Å². The molecule has 4 atom stereocenters. The number of fused-ring (bicyclic) bond motifs is 5. The molecule has 2 aromatic carbocycles. The largest absolute Gasteiger partial charge is 0.493 e. The molecule has 4 unspecified atom stereocenters. The monoisotopic (exact) mass is 476 g/mol. The Balaban J connectivity index is 1.37. The number of allylic oxidation sites excluding steroid dienone is 2. The molecule has 0 radical (unpaired) electrons. The standard InChI is InChI=1S/C26H24N2O7/c1-32-19-11-17(12-20(33-2)23(19)34-3)26(31)35-18-7-5-4-6-16(18)13-27-28-24(29)21-14-8-9-15(10-14)22(21)25(28)30/h4-9,11-15,21-22H,10H2,1-3H3. The van der Waals surface area contributed by atoms with Crippen molar-refractivity contribution in [3.8, 4) is 23.0 Å². The first-order chi connectivity index (χ1) is 17.0. The van der Waals surface area contributed by atoms with Gasteiger partial charge in [-0.3, -0.25) is 9.59 Å². The van der Waals surface area contributed by atoms with E-state index in [2.05, 4.69) is 5.10 Å². The van der Waals surface area contributed by atoms with E-state index in [-0.39, 0.29) is 46.8 Å². The fourth-order valence-electron chi connectivity index (χ4n) is 5.16. The molecule has 0 N–H and O–H groups in total. The van der Waals surface area contributed by atoms with Crippen LogP contribution in [0.1, 0.15) is 22.3 Å². The Morgan fingerprint density at radius 2 is 1.51 bits per heavy atom. The third-order valence-electron chi connectivity index (χ3n) is 6.78. The number of benzene rings is 2. The van der Waals surface area contributed by atoms with E-state index >= 15 is 0 Å². The zero-order valence-corrected chi connectivity index (χ0v) is 19.5. The molecule has 9 nitrogen and oxygen atoms in total. The van der Waals surface area contributed by atoms with Crippen LogP contribution in [0.5, 0.6) is 23.0 Å². The second-order valence-corrected chi connectivity index (χ2v) is 8.57. The van der Waals surface area contributed by atoms with Crippen LogP contribution in [-0.2, 0) is 9.59 Å². The molecule has 35 heavy (non-hydrogen) atoms. The van der Waals surface area contributed by atoms with Crippen molar-refractivity contribution in [1.82, 2.24) is 5.01 Å². The number of carbonyl (C=O) groups is 3. The summed E-state index contributed by atoms with van der Waals surface area (Å²) in [6.45, 7) is 0. The number of nitrogens with zero attached hydrogens (tertiary/aromatic N) is 2. The summed E-state index contributed by atoms with van der Waals surface area (Å²) in [6, 6.07) is 9.70. The molecule has 5 rings (SSSR count). The van der Waals surface area contributed by atoms with E-state index in [9.17, 15) is 14.4 Å². The second-order valence-electron chi connectivity index (χ2n) is 8.57. The SMILES string of the molecule is COc1cc(C(=O)Oc2ccccc2C=NN2C(=O)C3C4C=CC(C4)C3C2=O)cc(OC)c1OC. The molecule has 0 aromatic heterocycles. The molecule has 1 heterocycles. The lowest BCUT2D eigenvalue weighted by Crippen LogP contribution is -2.28. The van der Waals surface area contributed by atoms with Crippen molar-refractivity contribution in [2.45, 2.75) is 6.42 Å². The number of amides is 2. The van der Waals surface area contributed by atoms with E-state index in [0.29, 0.717) is 22.8 Å². The highest BCUT2D eigenvalue weighted by Gasteiger charge is 2.59. The van der Waals surface area contributed by atoms with Gasteiger partial charge < -0.3 is 18.9 Å². The summed E-state index contributed by atoms with van der Waals surface area (Å²) in [5.74, 6) is -0.464. The van der Waals surface area contributed by atoms with Crippen molar-refractivity contribution in [1.29, 1.82) is 0 Å². The van der Waals surface area contributed by atoms with Crippen molar-refractivity contribution in [2.24, 2.45) is 28.8 Å². The van der Waals surface area contributed by atoms with Gasteiger partial charge in [-0.15, -0.1) is 0 Å². The Bertz CT molecular complexity index is 1210. The van der Waals surface area contributed by atoms with Crippen LogP contribution < -0.4 is 18.9 Å². The highest BCUT2D eigenvalue weighted by molar-refractivity contribution is 6.07. The molecule has 0 spiro atoms. The van der Waals surface area contributed by atoms with Gasteiger partial charge in [0, 0.05) is 5.56 Å². The normalized spacial score (nSPS) is 24.3. The topological polar surface area (TPSA) is 104 Å². The third-order valence-corrected chi connectivity index (χ3v) is 6.78. The van der Waals surface area contributed by atoms with Crippen LogP contribution in [-0.4, -0.2) is 50.3 Å². The summed E-state index contributed by atoms with van der Waals surface area (Å²) >= 11 is 0. The Labute approximate surface area is 201 Å². The third kappa shape index (κ3) is 3.73. The van der Waals surface area contributed by atoms with Gasteiger partial charge in [0.2, 0.25) is 5.75 Å². The summed E-state index contributed by atoms with van der Waals surface area (Å²) in [4.78, 5) is 38.7. The average Bonchev–Trinajstić information content (AvgIpc) is 3.56. The zero-order valence-electron chi connectivity index (χ0n) is 19.5. The van der Waals surface area contributed by atoms with Gasteiger partial charge in [-0.05, 0) is 42.5 Å². The molecular weight excluding hydrogens is 452 g/mol. The zero-order chi connectivity index (χ0) is 24.7. The van der Waals surface area contributed by atoms with Gasteiger partial charge in [0.1, 0.15) is 5.75 Å². The minimum absolute atomic E-state index is 0.105. The lowest BCUT2D eigenvalue weighted by molar-refractivity contribution is -0.140. The van der Waals surface area contributed by atoms with Crippen molar-refractivity contribution in [2.75, 3.05) is 21.3 Å². The van der Waals surface area contributed by atoms with E-state index in [1.807, 2.05) is 12.2 Å². The number of para-hydroxylation sites is 1. The molecule has 2 bridgehead atoms. The number of hydrazone groups is 1. The van der Waals surface area contributed by atoms with Crippen molar-refractivity contribution >= 4 is 24.0 Å². The summed E-state index contributed by atoms with van der Waals surface area (Å²) in [7, 11) is 4.38. The molecule has 3 aliphatic rings. The summed E-state index contributed by atoms with van der Waals surface area (Å²) in [5, 5.41) is 5.14. The van der Waals surface area contributed by atoms with Crippen LogP contribution in [0.3, 0.4) is 0 Å². The fraction of sp³-hybridized carbons (Fsp3) is 0.308. The van der Waals surface area contributed by atoms with Gasteiger partial charge in [-0.25, -0.2) is 4.79 Å². The number of hydrogen-bond acceptors (Lipinski definition) is 8. The molecule has 180 valence electrons. The van der Waals surface area contributed by atoms with Crippen molar-refractivity contribution in [3.05, 3.63) is 59.7 Å². The second kappa shape index (κ2) is 8.90. The first-order valence-electron chi connectivity index (χ1n) is 11.2. The van der Waals surface area contributed by atoms with Crippen molar-refractivity contribution in [3.63, 3.8) is 0 Å². The van der Waals surface area contributed by atoms with Crippen molar-refractivity contribution < 1.29 is 33.3 Å². The number of esters is 1. The van der Waals surface area contributed by atoms with Crippen LogP contribution in [0, 0.1) is 23.7 Å². The molecule has 9 heteroatoms. The number of carbonyl (C=O) groups excluding carboxylic acids is 3. The van der Waals surface area contributed by atoms with Gasteiger partial charge >= 0.3 is 5.97 Å². The minimum Gasteiger partial charge on any atom is -0.493 e. The first kappa shape index (κ1) is 22.6. The highest BCUT2D eigenvalue weighted by atomic mass is 16.5. The maximum atomic E-state index is 12.9. The lowest BCUT2D eigenvalue weighted by Gasteiger charge is -2.14. The summed E-state index contributed by atoms with van der Waals surface area (Å²) < 4.78 is 21.5. The molecule has 2 aliphatic carbocycles. The van der Waals surface area contributed by atoms with Crippen LogP contribution in [0.25, 0.3) is 0 Å². The maximum absolute atomic E-state index is 12.9. The minimum atomic E-state index is -0.657. The predicted octanol–water partition coefficient (Wildman–Crippen LogP) is 3.07. The number of methoxy groups -OCH3 is 3. The van der Waals surface area contributed by atoms with E-state index in [0.717, 1.165) is 11.4 Å². The molecular formula is C26H24N2O7. The van der Waals surface area contributed by atoms with Crippen LogP contribution in [0.2, 0.25) is 0 Å². The van der Waals surface area contributed by atoms with E-state index in [1.165, 1.54) is 39.7 Å². The molecule has 2 amide bonds.